The van der Waals surface area contributed by atoms with Crippen LogP contribution in [-0.4, -0.2) is 121 Å². The zero-order valence-corrected chi connectivity index (χ0v) is 45.0. The molecule has 420 valence electrons. The molecule has 17 heteroatoms. The monoisotopic (exact) mass is 1110 g/mol. The van der Waals surface area contributed by atoms with E-state index >= 15 is 19.2 Å². The summed E-state index contributed by atoms with van der Waals surface area (Å²) in [5.41, 5.74) is 3.68. The fourth-order valence-electron chi connectivity index (χ4n) is 10.9. The molecule has 4 aliphatic heterocycles. The maximum absolute atomic E-state index is 15.1. The summed E-state index contributed by atoms with van der Waals surface area (Å²) in [4.78, 5) is 75.6. The Morgan fingerprint density at radius 3 is 1.20 bits per heavy atom. The first-order valence-electron chi connectivity index (χ1n) is 27.1. The van der Waals surface area contributed by atoms with E-state index in [2.05, 4.69) is 0 Å². The smallest absolute Gasteiger partial charge is 0.303 e. The average Bonchev–Trinajstić information content (AvgIpc) is 3.97. The van der Waals surface area contributed by atoms with E-state index in [1.54, 1.807) is 72.8 Å². The highest BCUT2D eigenvalue weighted by molar-refractivity contribution is 6.22. The van der Waals surface area contributed by atoms with Gasteiger partial charge in [-0.15, -0.1) is 0 Å². The number of methoxy groups -OCH3 is 1. The van der Waals surface area contributed by atoms with Crippen LogP contribution in [0.25, 0.3) is 0 Å². The Morgan fingerprint density at radius 1 is 0.427 bits per heavy atom. The maximum atomic E-state index is 15.1. The van der Waals surface area contributed by atoms with Crippen LogP contribution in [0.5, 0.6) is 11.5 Å². The predicted octanol–water partition coefficient (Wildman–Crippen LogP) is 8.77. The van der Waals surface area contributed by atoms with Gasteiger partial charge in [-0.3, -0.25) is 33.8 Å². The molecule has 4 aliphatic rings. The van der Waals surface area contributed by atoms with E-state index in [1.165, 1.54) is 14.0 Å². The molecule has 0 bridgehead atoms. The van der Waals surface area contributed by atoms with Gasteiger partial charge in [0.05, 0.1) is 69.0 Å². The van der Waals surface area contributed by atoms with Crippen molar-refractivity contribution in [2.24, 2.45) is 0 Å². The van der Waals surface area contributed by atoms with Crippen molar-refractivity contribution >= 4 is 29.6 Å². The third-order valence-corrected chi connectivity index (χ3v) is 14.7. The van der Waals surface area contributed by atoms with Crippen molar-refractivity contribution in [3.05, 3.63) is 239 Å². The maximum Gasteiger partial charge on any atom is 0.303 e. The number of benzene rings is 7. The molecule has 2 saturated heterocycles. The van der Waals surface area contributed by atoms with Gasteiger partial charge in [0.15, 0.2) is 12.4 Å². The summed E-state index contributed by atoms with van der Waals surface area (Å²) in [6.45, 7) is 0.908. The normalized spacial score (nSPS) is 24.0. The van der Waals surface area contributed by atoms with Crippen molar-refractivity contribution in [3.63, 3.8) is 0 Å². The van der Waals surface area contributed by atoms with Crippen LogP contribution >= 0.6 is 0 Å². The lowest BCUT2D eigenvalue weighted by Crippen LogP contribution is -2.71. The van der Waals surface area contributed by atoms with Crippen molar-refractivity contribution in [3.8, 4) is 11.5 Å². The number of carbonyl (C=O) groups is 5. The first kappa shape index (κ1) is 55.5. The first-order chi connectivity index (χ1) is 40.1. The van der Waals surface area contributed by atoms with Gasteiger partial charge in [-0.1, -0.05) is 146 Å². The van der Waals surface area contributed by atoms with E-state index in [0.29, 0.717) is 11.5 Å². The molecule has 0 aliphatic carbocycles. The summed E-state index contributed by atoms with van der Waals surface area (Å²) < 4.78 is 67.0. The molecule has 4 heterocycles. The molecule has 7 aromatic carbocycles. The molecule has 0 aromatic heterocycles. The van der Waals surface area contributed by atoms with E-state index in [9.17, 15) is 4.79 Å². The summed E-state index contributed by atoms with van der Waals surface area (Å²) in [5.74, 6) is -2.52. The van der Waals surface area contributed by atoms with Gasteiger partial charge >= 0.3 is 5.97 Å². The number of hydrogen-bond acceptors (Lipinski definition) is 15. The van der Waals surface area contributed by atoms with E-state index < -0.39 is 90.9 Å². The number of ether oxygens (including phenoxy) is 10. The van der Waals surface area contributed by atoms with Crippen molar-refractivity contribution in [2.75, 3.05) is 20.3 Å². The number of amides is 4. The molecular formula is C65H60N2O15. The summed E-state index contributed by atoms with van der Waals surface area (Å²) in [6.07, 6.45) is -11.0. The topological polar surface area (TPSA) is 184 Å². The Balaban J connectivity index is 1.07. The van der Waals surface area contributed by atoms with Gasteiger partial charge in [0, 0.05) is 6.92 Å². The van der Waals surface area contributed by atoms with Crippen molar-refractivity contribution in [1.29, 1.82) is 0 Å². The molecule has 10 atom stereocenters. The molecule has 4 amide bonds. The Bertz CT molecular complexity index is 3260. The number of fused-ring (bicyclic) bond motifs is 2. The fraction of sp³-hybridized carbons (Fsp3) is 0.277. The fourth-order valence-corrected chi connectivity index (χ4v) is 10.9. The molecule has 2 fully saturated rings. The van der Waals surface area contributed by atoms with Crippen molar-refractivity contribution < 1.29 is 71.3 Å². The molecule has 10 unspecified atom stereocenters. The third kappa shape index (κ3) is 12.1. The summed E-state index contributed by atoms with van der Waals surface area (Å²) in [5, 5.41) is 0. The second kappa shape index (κ2) is 25.6. The first-order valence-corrected chi connectivity index (χ1v) is 27.1. The Morgan fingerprint density at radius 2 is 0.780 bits per heavy atom. The molecule has 0 saturated carbocycles. The zero-order valence-electron chi connectivity index (χ0n) is 45.0. The molecule has 82 heavy (non-hydrogen) atoms. The van der Waals surface area contributed by atoms with Crippen LogP contribution in [0.1, 0.15) is 70.6 Å². The Hall–Kier alpha value is -8.39. The third-order valence-electron chi connectivity index (χ3n) is 14.7. The molecule has 7 aromatic rings. The lowest BCUT2D eigenvalue weighted by molar-refractivity contribution is -0.343. The van der Waals surface area contributed by atoms with E-state index in [4.69, 9.17) is 47.4 Å². The van der Waals surface area contributed by atoms with Crippen LogP contribution < -0.4 is 9.47 Å². The van der Waals surface area contributed by atoms with Crippen LogP contribution in [0.3, 0.4) is 0 Å². The SMILES string of the molecule is COc1ccc(OC2OC(COCc3ccccc3)C(OC3OC(COCc4ccccc4)C(OC(C)=O)C(OCc4ccccc4)C3N3C(=O)c4ccccc4C3=O)C(OCc3ccccc3)C2N2C(=O)c3ccccc3C2=O)cc1. The molecular weight excluding hydrogens is 1050 g/mol. The molecule has 0 spiro atoms. The van der Waals surface area contributed by atoms with Crippen molar-refractivity contribution in [2.45, 2.75) is 94.6 Å². The predicted molar refractivity (Wildman–Crippen MR) is 295 cm³/mol. The highest BCUT2D eigenvalue weighted by Gasteiger charge is 2.61. The minimum Gasteiger partial charge on any atom is -0.497 e. The second-order valence-corrected chi connectivity index (χ2v) is 20.1. The van der Waals surface area contributed by atoms with Crippen LogP contribution in [-0.2, 0) is 69.1 Å². The lowest BCUT2D eigenvalue weighted by atomic mass is 9.92. The second-order valence-electron chi connectivity index (χ2n) is 20.1. The van der Waals surface area contributed by atoms with Crippen LogP contribution in [0, 0.1) is 0 Å². The van der Waals surface area contributed by atoms with Gasteiger partial charge in [-0.05, 0) is 70.8 Å². The molecule has 0 N–H and O–H groups in total. The number of hydrogen-bond donors (Lipinski definition) is 0. The van der Waals surface area contributed by atoms with E-state index in [0.717, 1.165) is 32.1 Å². The minimum atomic E-state index is -1.69. The highest BCUT2D eigenvalue weighted by Crippen LogP contribution is 2.41. The average molecular weight is 1110 g/mol. The van der Waals surface area contributed by atoms with E-state index in [-0.39, 0.29) is 61.9 Å². The van der Waals surface area contributed by atoms with Crippen LogP contribution in [0.4, 0.5) is 0 Å². The zero-order chi connectivity index (χ0) is 56.5. The largest absolute Gasteiger partial charge is 0.497 e. The Labute approximate surface area is 474 Å². The number of esters is 1. The lowest BCUT2D eigenvalue weighted by Gasteiger charge is -2.52. The Kier molecular flexibility index (Phi) is 17.3. The van der Waals surface area contributed by atoms with Gasteiger partial charge in [0.1, 0.15) is 54.1 Å². The number of carbonyl (C=O) groups excluding carboxylic acids is 5. The van der Waals surface area contributed by atoms with Crippen LogP contribution in [0.15, 0.2) is 194 Å². The standard InChI is InChI=1S/C65H60N2O15/c1-41(68)78-56-52(39-74-35-42-19-7-3-8-20-42)81-65(55(58(56)76-37-44-23-11-5-12-24-44)67-62(71)50-29-17-18-30-51(50)63(67)72)82-57-53(40-75-36-43-21-9-4-10-22-43)80-64(79-47-33-31-46(73-2)32-34-47)54(59(57)77-38-45-25-13-6-14-26-45)66-60(69)48-27-15-16-28-49(48)61(66)70/h3-34,52-59,64-65H,35-40H2,1-2H3. The van der Waals surface area contributed by atoms with Gasteiger partial charge in [0.2, 0.25) is 6.29 Å². The van der Waals surface area contributed by atoms with E-state index in [1.807, 2.05) is 121 Å². The number of imide groups is 2. The summed E-state index contributed by atoms with van der Waals surface area (Å²) >= 11 is 0. The molecule has 11 rings (SSSR count). The van der Waals surface area contributed by atoms with Gasteiger partial charge in [-0.25, -0.2) is 0 Å². The minimum absolute atomic E-state index is 0.0786. The molecule has 0 radical (unpaired) electrons. The number of rotatable bonds is 22. The van der Waals surface area contributed by atoms with Gasteiger partial charge in [0.25, 0.3) is 23.6 Å². The van der Waals surface area contributed by atoms with Gasteiger partial charge in [-0.2, -0.15) is 0 Å². The highest BCUT2D eigenvalue weighted by atomic mass is 16.7. The van der Waals surface area contributed by atoms with Crippen LogP contribution in [0.2, 0.25) is 0 Å². The molecule has 17 nitrogen and oxygen atoms in total. The quantitative estimate of drug-likeness (QED) is 0.0463. The van der Waals surface area contributed by atoms with Gasteiger partial charge < -0.3 is 47.4 Å². The number of nitrogens with zero attached hydrogens (tertiary/aromatic N) is 2. The van der Waals surface area contributed by atoms with Crippen molar-refractivity contribution in [1.82, 2.24) is 9.80 Å². The summed E-state index contributed by atoms with van der Waals surface area (Å²) in [6, 6.07) is 54.2. The summed E-state index contributed by atoms with van der Waals surface area (Å²) in [7, 11) is 1.54.